The molecule has 0 bridgehead atoms. The van der Waals surface area contributed by atoms with E-state index in [0.29, 0.717) is 19.1 Å². The number of hydrogen-bond acceptors (Lipinski definition) is 2. The van der Waals surface area contributed by atoms with E-state index >= 15 is 0 Å². The number of nitrogen functional groups attached to an aromatic ring is 1. The summed E-state index contributed by atoms with van der Waals surface area (Å²) in [6.07, 6.45) is 3.46. The Balaban J connectivity index is 1.91. The zero-order chi connectivity index (χ0) is 13.0. The van der Waals surface area contributed by atoms with Gasteiger partial charge in [0.25, 0.3) is 0 Å². The van der Waals surface area contributed by atoms with E-state index in [9.17, 15) is 4.79 Å². The van der Waals surface area contributed by atoms with Gasteiger partial charge in [0.2, 0.25) is 0 Å². The lowest BCUT2D eigenvalue weighted by Gasteiger charge is -2.30. The highest BCUT2D eigenvalue weighted by Gasteiger charge is 2.21. The van der Waals surface area contributed by atoms with Gasteiger partial charge in [-0.2, -0.15) is 0 Å². The van der Waals surface area contributed by atoms with E-state index in [2.05, 4.69) is 5.32 Å². The van der Waals surface area contributed by atoms with E-state index in [4.69, 9.17) is 5.73 Å². The Hall–Kier alpha value is -1.71. The van der Waals surface area contributed by atoms with Gasteiger partial charge in [-0.3, -0.25) is 0 Å². The maximum atomic E-state index is 12.0. The lowest BCUT2D eigenvalue weighted by molar-refractivity contribution is 0.186. The van der Waals surface area contributed by atoms with Crippen LogP contribution < -0.4 is 11.1 Å². The summed E-state index contributed by atoms with van der Waals surface area (Å²) in [6, 6.07) is 8.10. The second kappa shape index (κ2) is 5.76. The Kier molecular flexibility index (Phi) is 4.07. The molecule has 0 saturated heterocycles. The Morgan fingerprint density at radius 1 is 1.39 bits per heavy atom. The van der Waals surface area contributed by atoms with Crippen molar-refractivity contribution in [2.75, 3.05) is 12.3 Å². The van der Waals surface area contributed by atoms with Gasteiger partial charge < -0.3 is 16.0 Å². The van der Waals surface area contributed by atoms with E-state index in [0.717, 1.165) is 24.1 Å². The Morgan fingerprint density at radius 2 is 2.06 bits per heavy atom. The van der Waals surface area contributed by atoms with Crippen LogP contribution in [0.2, 0.25) is 0 Å². The molecule has 0 unspecified atom stereocenters. The number of carbonyl (C=O) groups is 1. The van der Waals surface area contributed by atoms with Gasteiger partial charge in [-0.05, 0) is 43.9 Å². The van der Waals surface area contributed by atoms with Crippen LogP contribution in [-0.4, -0.2) is 23.5 Å². The first-order chi connectivity index (χ1) is 8.69. The van der Waals surface area contributed by atoms with E-state index in [1.165, 1.54) is 6.42 Å². The topological polar surface area (TPSA) is 58.4 Å². The molecular weight excluding hydrogens is 226 g/mol. The molecule has 0 atom stereocenters. The second-order valence-electron chi connectivity index (χ2n) is 4.83. The van der Waals surface area contributed by atoms with Crippen molar-refractivity contribution in [3.8, 4) is 0 Å². The van der Waals surface area contributed by atoms with Crippen LogP contribution in [0.3, 0.4) is 0 Å². The summed E-state index contributed by atoms with van der Waals surface area (Å²) < 4.78 is 0. The van der Waals surface area contributed by atoms with Gasteiger partial charge >= 0.3 is 6.03 Å². The molecule has 4 nitrogen and oxygen atoms in total. The van der Waals surface area contributed by atoms with Crippen molar-refractivity contribution >= 4 is 11.7 Å². The van der Waals surface area contributed by atoms with Crippen molar-refractivity contribution in [2.24, 2.45) is 0 Å². The smallest absolute Gasteiger partial charge is 0.317 e. The first-order valence-electron chi connectivity index (χ1n) is 6.59. The first kappa shape index (κ1) is 12.7. The van der Waals surface area contributed by atoms with Crippen LogP contribution in [0, 0.1) is 0 Å². The number of amides is 2. The maximum Gasteiger partial charge on any atom is 0.317 e. The number of carbonyl (C=O) groups excluding carboxylic acids is 1. The average Bonchev–Trinajstić information content (AvgIpc) is 2.33. The summed E-state index contributed by atoms with van der Waals surface area (Å²) in [5.74, 6) is 0. The van der Waals surface area contributed by atoms with Crippen molar-refractivity contribution in [3.05, 3.63) is 29.8 Å². The summed E-state index contributed by atoms with van der Waals surface area (Å²) >= 11 is 0. The molecule has 3 N–H and O–H groups in total. The van der Waals surface area contributed by atoms with Gasteiger partial charge in [-0.1, -0.05) is 12.1 Å². The fourth-order valence-electron chi connectivity index (χ4n) is 1.99. The number of urea groups is 1. The molecule has 0 heterocycles. The van der Waals surface area contributed by atoms with Crippen molar-refractivity contribution in [1.29, 1.82) is 0 Å². The minimum absolute atomic E-state index is 0.0408. The molecule has 4 heteroatoms. The van der Waals surface area contributed by atoms with Gasteiger partial charge in [-0.25, -0.2) is 4.79 Å². The molecule has 0 aromatic heterocycles. The second-order valence-corrected chi connectivity index (χ2v) is 4.83. The molecule has 18 heavy (non-hydrogen) atoms. The summed E-state index contributed by atoms with van der Waals surface area (Å²) in [6.45, 7) is 3.34. The molecule has 1 aliphatic rings. The van der Waals surface area contributed by atoms with Crippen LogP contribution >= 0.6 is 0 Å². The van der Waals surface area contributed by atoms with Gasteiger partial charge in [0.05, 0.1) is 0 Å². The average molecular weight is 247 g/mol. The van der Waals surface area contributed by atoms with Crippen LogP contribution in [0.5, 0.6) is 0 Å². The summed E-state index contributed by atoms with van der Waals surface area (Å²) in [7, 11) is 0. The minimum atomic E-state index is 0.0408. The van der Waals surface area contributed by atoms with E-state index in [1.807, 2.05) is 36.1 Å². The van der Waals surface area contributed by atoms with Gasteiger partial charge in [-0.15, -0.1) is 0 Å². The predicted octanol–water partition coefficient (Wildman–Crippen LogP) is 2.35. The Labute approximate surface area is 108 Å². The number of benzene rings is 1. The van der Waals surface area contributed by atoms with Gasteiger partial charge in [0, 0.05) is 24.8 Å². The number of nitrogens with zero attached hydrogens (tertiary/aromatic N) is 1. The van der Waals surface area contributed by atoms with Crippen LogP contribution in [0.4, 0.5) is 10.5 Å². The molecule has 1 aromatic rings. The summed E-state index contributed by atoms with van der Waals surface area (Å²) in [5, 5.41) is 3.06. The molecule has 0 spiro atoms. The fourth-order valence-corrected chi connectivity index (χ4v) is 1.99. The van der Waals surface area contributed by atoms with Crippen molar-refractivity contribution < 1.29 is 4.79 Å². The largest absolute Gasteiger partial charge is 0.399 e. The molecule has 1 aliphatic carbocycles. The molecule has 0 radical (unpaired) electrons. The number of hydrogen-bond donors (Lipinski definition) is 2. The number of nitrogens with two attached hydrogens (primary N) is 1. The normalized spacial score (nSPS) is 14.9. The van der Waals surface area contributed by atoms with Crippen LogP contribution in [-0.2, 0) is 6.54 Å². The zero-order valence-electron chi connectivity index (χ0n) is 10.9. The molecule has 1 fully saturated rings. The summed E-state index contributed by atoms with van der Waals surface area (Å²) in [5.41, 5.74) is 7.51. The van der Waals surface area contributed by atoms with Crippen molar-refractivity contribution in [2.45, 2.75) is 38.8 Å². The minimum Gasteiger partial charge on any atom is -0.399 e. The van der Waals surface area contributed by atoms with Crippen molar-refractivity contribution in [1.82, 2.24) is 10.2 Å². The van der Waals surface area contributed by atoms with Crippen molar-refractivity contribution in [3.63, 3.8) is 0 Å². The highest BCUT2D eigenvalue weighted by molar-refractivity contribution is 5.74. The third kappa shape index (κ3) is 3.15. The zero-order valence-corrected chi connectivity index (χ0v) is 10.9. The van der Waals surface area contributed by atoms with Gasteiger partial charge in [0.15, 0.2) is 0 Å². The third-order valence-corrected chi connectivity index (χ3v) is 3.45. The predicted molar refractivity (Wildman–Crippen MR) is 73.1 cm³/mol. The molecular formula is C14H21N3O. The SMILES string of the molecule is CCN(Cc1ccc(N)cc1)C(=O)NC1CCC1. The van der Waals surface area contributed by atoms with Crippen LogP contribution in [0.15, 0.2) is 24.3 Å². The molecule has 0 aliphatic heterocycles. The molecule has 98 valence electrons. The molecule has 1 aromatic carbocycles. The summed E-state index contributed by atoms with van der Waals surface area (Å²) in [4.78, 5) is 13.9. The number of nitrogens with one attached hydrogen (secondary N) is 1. The monoisotopic (exact) mass is 247 g/mol. The Bertz CT molecular complexity index is 398. The van der Waals surface area contributed by atoms with Gasteiger partial charge in [0.1, 0.15) is 0 Å². The lowest BCUT2D eigenvalue weighted by Crippen LogP contribution is -2.46. The highest BCUT2D eigenvalue weighted by Crippen LogP contribution is 2.18. The van der Waals surface area contributed by atoms with E-state index in [-0.39, 0.29) is 6.03 Å². The molecule has 2 rings (SSSR count). The third-order valence-electron chi connectivity index (χ3n) is 3.45. The van der Waals surface area contributed by atoms with E-state index in [1.54, 1.807) is 0 Å². The highest BCUT2D eigenvalue weighted by atomic mass is 16.2. The fraction of sp³-hybridized carbons (Fsp3) is 0.500. The number of anilines is 1. The quantitative estimate of drug-likeness (QED) is 0.802. The van der Waals surface area contributed by atoms with Crippen LogP contribution in [0.25, 0.3) is 0 Å². The first-order valence-corrected chi connectivity index (χ1v) is 6.59. The number of rotatable bonds is 4. The molecule has 1 saturated carbocycles. The van der Waals surface area contributed by atoms with Crippen LogP contribution in [0.1, 0.15) is 31.7 Å². The lowest BCUT2D eigenvalue weighted by atomic mass is 9.93. The van der Waals surface area contributed by atoms with E-state index < -0.39 is 0 Å². The standard InChI is InChI=1S/C14H21N3O/c1-2-17(14(18)16-13-4-3-5-13)10-11-6-8-12(15)9-7-11/h6-9,13H,2-5,10,15H2,1H3,(H,16,18). The Morgan fingerprint density at radius 3 is 2.56 bits per heavy atom. The maximum absolute atomic E-state index is 12.0. The molecule has 2 amide bonds.